The first-order chi connectivity index (χ1) is 11.5. The zero-order chi connectivity index (χ0) is 17.3. The van der Waals surface area contributed by atoms with Crippen LogP contribution in [0.15, 0.2) is 30.3 Å². The molecule has 0 aliphatic carbocycles. The van der Waals surface area contributed by atoms with Gasteiger partial charge < -0.3 is 14.7 Å². The minimum Gasteiger partial charge on any atom is -0.481 e. The highest BCUT2D eigenvalue weighted by molar-refractivity contribution is 7.81. The number of carbonyl (C=O) groups is 3. The topological polar surface area (TPSA) is 83.9 Å². The van der Waals surface area contributed by atoms with Crippen LogP contribution in [0.25, 0.3) is 0 Å². The molecule has 0 aromatic heterocycles. The van der Waals surface area contributed by atoms with Gasteiger partial charge in [0.2, 0.25) is 5.91 Å². The van der Waals surface area contributed by atoms with E-state index in [1.165, 1.54) is 0 Å². The summed E-state index contributed by atoms with van der Waals surface area (Å²) >= 11 is 4.02. The van der Waals surface area contributed by atoms with Crippen molar-refractivity contribution in [3.05, 3.63) is 35.9 Å². The third kappa shape index (κ3) is 3.00. The number of thiol groups is 1. The Morgan fingerprint density at radius 1 is 1.21 bits per heavy atom. The number of esters is 1. The Labute approximate surface area is 145 Å². The van der Waals surface area contributed by atoms with Crippen LogP contribution < -0.4 is 0 Å². The second kappa shape index (κ2) is 6.84. The van der Waals surface area contributed by atoms with Crippen LogP contribution in [0.4, 0.5) is 0 Å². The van der Waals surface area contributed by atoms with E-state index in [-0.39, 0.29) is 17.7 Å². The molecule has 24 heavy (non-hydrogen) atoms. The van der Waals surface area contributed by atoms with Crippen LogP contribution in [0.2, 0.25) is 0 Å². The third-order valence-corrected chi connectivity index (χ3v) is 5.11. The number of benzene rings is 1. The zero-order valence-electron chi connectivity index (χ0n) is 13.0. The fraction of sp³-hybridized carbons (Fsp3) is 0.471. The number of amides is 1. The van der Waals surface area contributed by atoms with Crippen molar-refractivity contribution >= 4 is 30.5 Å². The fourth-order valence-corrected chi connectivity index (χ4v) is 4.02. The average molecular weight is 349 g/mol. The predicted molar refractivity (Wildman–Crippen MR) is 88.9 cm³/mol. The van der Waals surface area contributed by atoms with E-state index in [4.69, 9.17) is 4.74 Å². The van der Waals surface area contributed by atoms with Crippen LogP contribution in [0.5, 0.6) is 0 Å². The lowest BCUT2D eigenvalue weighted by Gasteiger charge is -2.42. The van der Waals surface area contributed by atoms with Crippen LogP contribution in [0.3, 0.4) is 0 Å². The molecule has 6 nitrogen and oxygen atoms in total. The normalized spacial score (nSPS) is 28.5. The van der Waals surface area contributed by atoms with E-state index in [1.807, 2.05) is 0 Å². The van der Waals surface area contributed by atoms with E-state index in [9.17, 15) is 19.5 Å². The standard InChI is InChI=1S/C17H19NO5S/c19-14(9-24)18-11-6-7-12(18)15(16(20)21)13(8-11)23-17(22)10-4-2-1-3-5-10/h1-5,11-13,15,24H,6-9H2,(H,20,21)/t11-,12+,13-,15+/m0/s1. The molecule has 2 heterocycles. The molecule has 1 aromatic rings. The summed E-state index contributed by atoms with van der Waals surface area (Å²) in [4.78, 5) is 37.8. The first-order valence-electron chi connectivity index (χ1n) is 7.93. The number of rotatable bonds is 4. The molecule has 3 rings (SSSR count). The van der Waals surface area contributed by atoms with Crippen molar-refractivity contribution in [3.63, 3.8) is 0 Å². The molecule has 1 amide bonds. The third-order valence-electron chi connectivity index (χ3n) is 4.84. The first-order valence-corrected chi connectivity index (χ1v) is 8.57. The number of carboxylic acid groups (broad SMARTS) is 1. The summed E-state index contributed by atoms with van der Waals surface area (Å²) in [6.45, 7) is 0. The lowest BCUT2D eigenvalue weighted by atomic mass is 9.87. The van der Waals surface area contributed by atoms with Crippen molar-refractivity contribution in [2.75, 3.05) is 5.75 Å². The molecular formula is C17H19NO5S. The molecule has 2 saturated heterocycles. The maximum atomic E-state index is 12.3. The molecule has 2 bridgehead atoms. The quantitative estimate of drug-likeness (QED) is 0.637. The van der Waals surface area contributed by atoms with Gasteiger partial charge in [0, 0.05) is 18.5 Å². The number of hydrogen-bond donors (Lipinski definition) is 2. The molecule has 0 unspecified atom stereocenters. The van der Waals surface area contributed by atoms with Gasteiger partial charge in [-0.15, -0.1) is 0 Å². The van der Waals surface area contributed by atoms with Crippen molar-refractivity contribution < 1.29 is 24.2 Å². The highest BCUT2D eigenvalue weighted by Crippen LogP contribution is 2.41. The summed E-state index contributed by atoms with van der Waals surface area (Å²) in [5, 5.41) is 9.64. The van der Waals surface area contributed by atoms with Crippen molar-refractivity contribution in [2.45, 2.75) is 37.5 Å². The molecule has 2 aliphatic heterocycles. The number of carboxylic acids is 1. The molecule has 2 fully saturated rings. The minimum atomic E-state index is -1.04. The van der Waals surface area contributed by atoms with Crippen LogP contribution in [0.1, 0.15) is 29.6 Å². The van der Waals surface area contributed by atoms with E-state index < -0.39 is 30.0 Å². The summed E-state index contributed by atoms with van der Waals surface area (Å²) in [5.41, 5.74) is 0.392. The smallest absolute Gasteiger partial charge is 0.338 e. The summed E-state index contributed by atoms with van der Waals surface area (Å²) in [6, 6.07) is 7.98. The highest BCUT2D eigenvalue weighted by Gasteiger charge is 2.53. The molecular weight excluding hydrogens is 330 g/mol. The lowest BCUT2D eigenvalue weighted by molar-refractivity contribution is -0.156. The summed E-state index contributed by atoms with van der Waals surface area (Å²) in [6.07, 6.45) is 0.969. The van der Waals surface area contributed by atoms with Gasteiger partial charge in [0.1, 0.15) is 12.0 Å². The minimum absolute atomic E-state index is 0.0494. The van der Waals surface area contributed by atoms with Crippen molar-refractivity contribution in [2.24, 2.45) is 5.92 Å². The second-order valence-electron chi connectivity index (χ2n) is 6.17. The van der Waals surface area contributed by atoms with Crippen LogP contribution >= 0.6 is 12.6 Å². The van der Waals surface area contributed by atoms with Gasteiger partial charge in [-0.2, -0.15) is 12.6 Å². The Hall–Kier alpha value is -2.02. The molecule has 0 saturated carbocycles. The predicted octanol–water partition coefficient (Wildman–Crippen LogP) is 1.61. The van der Waals surface area contributed by atoms with E-state index >= 15 is 0 Å². The molecule has 7 heteroatoms. The second-order valence-corrected chi connectivity index (χ2v) is 6.48. The van der Waals surface area contributed by atoms with Gasteiger partial charge in [-0.25, -0.2) is 4.79 Å². The summed E-state index contributed by atoms with van der Waals surface area (Å²) < 4.78 is 5.52. The van der Waals surface area contributed by atoms with Crippen molar-refractivity contribution in [1.82, 2.24) is 4.90 Å². The molecule has 1 N–H and O–H groups in total. The van der Waals surface area contributed by atoms with E-state index in [1.54, 1.807) is 35.2 Å². The van der Waals surface area contributed by atoms with Crippen LogP contribution in [-0.2, 0) is 14.3 Å². The average Bonchev–Trinajstić information content (AvgIpc) is 2.88. The van der Waals surface area contributed by atoms with E-state index in [0.717, 1.165) is 6.42 Å². The van der Waals surface area contributed by atoms with Gasteiger partial charge in [-0.05, 0) is 25.0 Å². The maximum absolute atomic E-state index is 12.3. The Kier molecular flexibility index (Phi) is 4.80. The van der Waals surface area contributed by atoms with Gasteiger partial charge in [0.15, 0.2) is 0 Å². The zero-order valence-corrected chi connectivity index (χ0v) is 13.9. The summed E-state index contributed by atoms with van der Waals surface area (Å²) in [7, 11) is 0. The monoisotopic (exact) mass is 349 g/mol. The van der Waals surface area contributed by atoms with Gasteiger partial charge in [-0.1, -0.05) is 18.2 Å². The number of nitrogens with zero attached hydrogens (tertiary/aromatic N) is 1. The molecule has 128 valence electrons. The number of hydrogen-bond acceptors (Lipinski definition) is 5. The van der Waals surface area contributed by atoms with Gasteiger partial charge >= 0.3 is 11.9 Å². The highest BCUT2D eigenvalue weighted by atomic mass is 32.1. The molecule has 2 aliphatic rings. The van der Waals surface area contributed by atoms with E-state index in [0.29, 0.717) is 18.4 Å². The lowest BCUT2D eigenvalue weighted by Crippen LogP contribution is -2.57. The van der Waals surface area contributed by atoms with Crippen LogP contribution in [0, 0.1) is 5.92 Å². The Bertz CT molecular complexity index is 650. The number of piperidine rings is 1. The Morgan fingerprint density at radius 2 is 1.92 bits per heavy atom. The SMILES string of the molecule is O=C(O[C@H]1C[C@@H]2CC[C@H]([C@H]1C(=O)O)N2C(=O)CS)c1ccccc1. The van der Waals surface area contributed by atoms with Gasteiger partial charge in [-0.3, -0.25) is 9.59 Å². The first kappa shape index (κ1) is 16.8. The Balaban J connectivity index is 1.81. The largest absolute Gasteiger partial charge is 0.481 e. The van der Waals surface area contributed by atoms with E-state index in [2.05, 4.69) is 12.6 Å². The number of fused-ring (bicyclic) bond motifs is 2. The maximum Gasteiger partial charge on any atom is 0.338 e. The molecule has 4 atom stereocenters. The fourth-order valence-electron chi connectivity index (χ4n) is 3.85. The summed E-state index contributed by atoms with van der Waals surface area (Å²) in [5.74, 6) is -2.58. The molecule has 0 spiro atoms. The van der Waals surface area contributed by atoms with Gasteiger partial charge in [0.25, 0.3) is 0 Å². The van der Waals surface area contributed by atoms with Gasteiger partial charge in [0.05, 0.1) is 11.3 Å². The van der Waals surface area contributed by atoms with Crippen LogP contribution in [-0.4, -0.2) is 51.8 Å². The number of ether oxygens (including phenoxy) is 1. The van der Waals surface area contributed by atoms with Crippen molar-refractivity contribution in [1.29, 1.82) is 0 Å². The van der Waals surface area contributed by atoms with Crippen molar-refractivity contribution in [3.8, 4) is 0 Å². The number of carbonyl (C=O) groups excluding carboxylic acids is 2. The number of aliphatic carboxylic acids is 1. The Morgan fingerprint density at radius 3 is 2.54 bits per heavy atom. The molecule has 0 radical (unpaired) electrons. The molecule has 1 aromatic carbocycles.